The standard InChI is InChI=1S/C21H26N2O4S/c24-17-7-5-16(6-8-17)22-20(25)15-12-23(9-10-27-13-15)21(26)19-11-14-3-1-2-4-18(14)28-19/h1-4,11,15-17,24H,5-10,12-13H2,(H,22,25). The highest BCUT2D eigenvalue weighted by Crippen LogP contribution is 2.27. The van der Waals surface area contributed by atoms with Crippen molar-refractivity contribution in [3.63, 3.8) is 0 Å². The van der Waals surface area contributed by atoms with E-state index >= 15 is 0 Å². The highest BCUT2D eigenvalue weighted by Gasteiger charge is 2.30. The molecule has 2 N–H and O–H groups in total. The molecule has 1 aromatic heterocycles. The molecule has 4 rings (SSSR count). The molecule has 150 valence electrons. The van der Waals surface area contributed by atoms with Crippen LogP contribution in [0.5, 0.6) is 0 Å². The summed E-state index contributed by atoms with van der Waals surface area (Å²) in [5.74, 6) is -0.463. The molecule has 7 heteroatoms. The second-order valence-electron chi connectivity index (χ2n) is 7.69. The first kappa shape index (κ1) is 19.4. The molecular weight excluding hydrogens is 376 g/mol. The van der Waals surface area contributed by atoms with Crippen LogP contribution in [0.15, 0.2) is 30.3 Å². The summed E-state index contributed by atoms with van der Waals surface area (Å²) in [5, 5.41) is 13.8. The molecule has 2 amide bonds. The fraction of sp³-hybridized carbons (Fsp3) is 0.524. The summed E-state index contributed by atoms with van der Waals surface area (Å²) in [6.45, 7) is 1.63. The van der Waals surface area contributed by atoms with Gasteiger partial charge in [-0.1, -0.05) is 18.2 Å². The van der Waals surface area contributed by atoms with Gasteiger partial charge in [0.15, 0.2) is 0 Å². The lowest BCUT2D eigenvalue weighted by atomic mass is 9.92. The number of thiophene rings is 1. The van der Waals surface area contributed by atoms with Crippen molar-refractivity contribution in [2.24, 2.45) is 5.92 Å². The second kappa shape index (κ2) is 8.59. The number of carbonyl (C=O) groups excluding carboxylic acids is 2. The molecule has 1 saturated carbocycles. The van der Waals surface area contributed by atoms with Gasteiger partial charge in [-0.05, 0) is 43.2 Å². The number of nitrogens with one attached hydrogen (secondary N) is 1. The predicted molar refractivity (Wildman–Crippen MR) is 108 cm³/mol. The zero-order valence-electron chi connectivity index (χ0n) is 15.8. The van der Waals surface area contributed by atoms with Gasteiger partial charge in [0, 0.05) is 23.8 Å². The monoisotopic (exact) mass is 402 g/mol. The van der Waals surface area contributed by atoms with Crippen LogP contribution >= 0.6 is 11.3 Å². The SMILES string of the molecule is O=C(NC1CCC(O)CC1)C1COCCN(C(=O)c2cc3ccccc3s2)C1. The fourth-order valence-corrected chi connectivity index (χ4v) is 4.97. The first-order valence-corrected chi connectivity index (χ1v) is 10.8. The van der Waals surface area contributed by atoms with E-state index in [-0.39, 0.29) is 29.9 Å². The summed E-state index contributed by atoms with van der Waals surface area (Å²) in [6, 6.07) is 9.98. The van der Waals surface area contributed by atoms with Crippen molar-refractivity contribution in [3.05, 3.63) is 35.2 Å². The number of hydrogen-bond donors (Lipinski definition) is 2. The number of fused-ring (bicyclic) bond motifs is 1. The normalized spacial score (nSPS) is 26.0. The number of hydrogen-bond acceptors (Lipinski definition) is 5. The Morgan fingerprint density at radius 1 is 1.18 bits per heavy atom. The van der Waals surface area contributed by atoms with E-state index < -0.39 is 0 Å². The first-order valence-electron chi connectivity index (χ1n) is 9.94. The van der Waals surface area contributed by atoms with Gasteiger partial charge in [-0.25, -0.2) is 0 Å². The fourth-order valence-electron chi connectivity index (χ4n) is 3.94. The summed E-state index contributed by atoms with van der Waals surface area (Å²) in [5.41, 5.74) is 0. The number of amides is 2. The topological polar surface area (TPSA) is 78.9 Å². The van der Waals surface area contributed by atoms with Crippen LogP contribution < -0.4 is 5.32 Å². The summed E-state index contributed by atoms with van der Waals surface area (Å²) in [4.78, 5) is 28.2. The molecule has 2 heterocycles. The third-order valence-electron chi connectivity index (χ3n) is 5.60. The lowest BCUT2D eigenvalue weighted by molar-refractivity contribution is -0.127. The number of aliphatic hydroxyl groups is 1. The van der Waals surface area contributed by atoms with E-state index in [1.165, 1.54) is 11.3 Å². The second-order valence-corrected chi connectivity index (χ2v) is 8.77. The van der Waals surface area contributed by atoms with Crippen LogP contribution in [-0.4, -0.2) is 60.3 Å². The minimum atomic E-state index is -0.368. The van der Waals surface area contributed by atoms with Crippen molar-refractivity contribution >= 4 is 33.2 Å². The van der Waals surface area contributed by atoms with Gasteiger partial charge in [0.2, 0.25) is 5.91 Å². The lowest BCUT2D eigenvalue weighted by Gasteiger charge is -2.28. The van der Waals surface area contributed by atoms with Crippen LogP contribution in [-0.2, 0) is 9.53 Å². The largest absolute Gasteiger partial charge is 0.393 e. The smallest absolute Gasteiger partial charge is 0.264 e. The van der Waals surface area contributed by atoms with Crippen molar-refractivity contribution in [1.82, 2.24) is 10.2 Å². The summed E-state index contributed by atoms with van der Waals surface area (Å²) in [6.07, 6.45) is 2.80. The first-order chi connectivity index (χ1) is 13.6. The van der Waals surface area contributed by atoms with Gasteiger partial charge in [-0.3, -0.25) is 9.59 Å². The third-order valence-corrected chi connectivity index (χ3v) is 6.71. The average Bonchev–Trinajstić information content (AvgIpc) is 2.98. The van der Waals surface area contributed by atoms with E-state index in [0.717, 1.165) is 35.8 Å². The quantitative estimate of drug-likeness (QED) is 0.826. The average molecular weight is 403 g/mol. The molecular formula is C21H26N2O4S. The van der Waals surface area contributed by atoms with Crippen molar-refractivity contribution in [1.29, 1.82) is 0 Å². The minimum Gasteiger partial charge on any atom is -0.393 e. The van der Waals surface area contributed by atoms with Crippen molar-refractivity contribution in [2.45, 2.75) is 37.8 Å². The van der Waals surface area contributed by atoms with Gasteiger partial charge < -0.3 is 20.1 Å². The maximum Gasteiger partial charge on any atom is 0.264 e. The van der Waals surface area contributed by atoms with Crippen LogP contribution in [0.4, 0.5) is 0 Å². The minimum absolute atomic E-state index is 0.0368. The van der Waals surface area contributed by atoms with Gasteiger partial charge in [0.25, 0.3) is 5.91 Å². The van der Waals surface area contributed by atoms with Crippen LogP contribution in [0.3, 0.4) is 0 Å². The van der Waals surface area contributed by atoms with Crippen molar-refractivity contribution < 1.29 is 19.4 Å². The molecule has 0 spiro atoms. The molecule has 1 saturated heterocycles. The Balaban J connectivity index is 1.41. The molecule has 2 fully saturated rings. The molecule has 6 nitrogen and oxygen atoms in total. The molecule has 1 aliphatic carbocycles. The number of benzene rings is 1. The van der Waals surface area contributed by atoms with Crippen LogP contribution in [0, 0.1) is 5.92 Å². The summed E-state index contributed by atoms with van der Waals surface area (Å²) < 4.78 is 6.71. The van der Waals surface area contributed by atoms with Gasteiger partial charge >= 0.3 is 0 Å². The third kappa shape index (κ3) is 4.37. The Morgan fingerprint density at radius 2 is 1.96 bits per heavy atom. The maximum atomic E-state index is 13.0. The Kier molecular flexibility index (Phi) is 5.94. The predicted octanol–water partition coefficient (Wildman–Crippen LogP) is 2.41. The highest BCUT2D eigenvalue weighted by atomic mass is 32.1. The Bertz CT molecular complexity index is 811. The van der Waals surface area contributed by atoms with Crippen LogP contribution in [0.2, 0.25) is 0 Å². The molecule has 1 atom stereocenters. The van der Waals surface area contributed by atoms with E-state index in [2.05, 4.69) is 5.32 Å². The molecule has 2 aliphatic rings. The molecule has 0 radical (unpaired) electrons. The van der Waals surface area contributed by atoms with Gasteiger partial charge in [0.05, 0.1) is 30.1 Å². The highest BCUT2D eigenvalue weighted by molar-refractivity contribution is 7.20. The molecule has 1 aromatic carbocycles. The lowest BCUT2D eigenvalue weighted by Crippen LogP contribution is -2.46. The van der Waals surface area contributed by atoms with E-state index in [1.807, 2.05) is 30.3 Å². The Morgan fingerprint density at radius 3 is 2.75 bits per heavy atom. The molecule has 1 aliphatic heterocycles. The van der Waals surface area contributed by atoms with Gasteiger partial charge in [-0.15, -0.1) is 11.3 Å². The maximum absolute atomic E-state index is 13.0. The molecule has 28 heavy (non-hydrogen) atoms. The van der Waals surface area contributed by atoms with Crippen LogP contribution in [0.25, 0.3) is 10.1 Å². The zero-order valence-corrected chi connectivity index (χ0v) is 16.6. The molecule has 2 aromatic rings. The van der Waals surface area contributed by atoms with Crippen molar-refractivity contribution in [2.75, 3.05) is 26.3 Å². The number of rotatable bonds is 3. The number of nitrogens with zero attached hydrogens (tertiary/aromatic N) is 1. The number of aliphatic hydroxyl groups excluding tert-OH is 1. The number of ether oxygens (including phenoxy) is 1. The summed E-state index contributed by atoms with van der Waals surface area (Å²) in [7, 11) is 0. The van der Waals surface area contributed by atoms with E-state index in [4.69, 9.17) is 4.74 Å². The van der Waals surface area contributed by atoms with Crippen molar-refractivity contribution in [3.8, 4) is 0 Å². The molecule has 0 bridgehead atoms. The number of carbonyl (C=O) groups is 2. The van der Waals surface area contributed by atoms with Gasteiger partial charge in [-0.2, -0.15) is 0 Å². The summed E-state index contributed by atoms with van der Waals surface area (Å²) >= 11 is 1.49. The Hall–Kier alpha value is -1.96. The van der Waals surface area contributed by atoms with E-state index in [1.54, 1.807) is 4.90 Å². The zero-order chi connectivity index (χ0) is 19.5. The molecule has 1 unspecified atom stereocenters. The van der Waals surface area contributed by atoms with E-state index in [0.29, 0.717) is 31.2 Å². The van der Waals surface area contributed by atoms with Gasteiger partial charge in [0.1, 0.15) is 0 Å². The Labute approximate surface area is 168 Å². The van der Waals surface area contributed by atoms with E-state index in [9.17, 15) is 14.7 Å². The van der Waals surface area contributed by atoms with Crippen LogP contribution in [0.1, 0.15) is 35.4 Å².